The number of aliphatic hydroxyl groups is 1. The van der Waals surface area contributed by atoms with Crippen LogP contribution in [0.4, 0.5) is 11.4 Å². The van der Waals surface area contributed by atoms with Crippen LogP contribution < -0.4 is 14.5 Å². The third-order valence-corrected chi connectivity index (χ3v) is 7.18. The summed E-state index contributed by atoms with van der Waals surface area (Å²) in [6.07, 6.45) is 3.19. The Morgan fingerprint density at radius 2 is 1.62 bits per heavy atom. The number of aromatic nitrogens is 1. The molecule has 0 radical (unpaired) electrons. The van der Waals surface area contributed by atoms with Crippen molar-refractivity contribution >= 4 is 40.4 Å². The second-order valence-corrected chi connectivity index (χ2v) is 9.51. The molecular weight excluding hydrogens is 492 g/mol. The van der Waals surface area contributed by atoms with Crippen molar-refractivity contribution in [2.24, 2.45) is 0 Å². The maximum absolute atomic E-state index is 13.4. The smallest absolute Gasteiger partial charge is 0.300 e. The topological polar surface area (TPSA) is 86.2 Å². The monoisotopic (exact) mass is 518 g/mol. The number of hydrogen-bond acceptors (Lipinski definition) is 7. The molecule has 3 aromatic rings. The highest BCUT2D eigenvalue weighted by Gasteiger charge is 2.47. The number of nitrogens with zero attached hydrogens (tertiary/aromatic N) is 4. The molecule has 37 heavy (non-hydrogen) atoms. The molecule has 3 heterocycles. The molecule has 1 unspecified atom stereocenters. The van der Waals surface area contributed by atoms with Gasteiger partial charge in [0, 0.05) is 55.5 Å². The second-order valence-electron chi connectivity index (χ2n) is 9.11. The molecule has 2 aromatic carbocycles. The Morgan fingerprint density at radius 1 is 0.973 bits per heavy atom. The Balaban J connectivity index is 1.57. The fourth-order valence-electron chi connectivity index (χ4n) is 4.82. The number of likely N-dealkylation sites (N-methyl/N-ethyl adjacent to an activating group) is 1. The number of ketones is 1. The lowest BCUT2D eigenvalue weighted by atomic mass is 9.95. The summed E-state index contributed by atoms with van der Waals surface area (Å²) in [6.45, 7) is 3.80. The van der Waals surface area contributed by atoms with Gasteiger partial charge in [0.15, 0.2) is 0 Å². The summed E-state index contributed by atoms with van der Waals surface area (Å²) >= 11 is 6.27. The van der Waals surface area contributed by atoms with Gasteiger partial charge in [-0.1, -0.05) is 11.6 Å². The summed E-state index contributed by atoms with van der Waals surface area (Å²) in [6, 6.07) is 15.0. The van der Waals surface area contributed by atoms with E-state index >= 15 is 0 Å². The standard InChI is InChI=1S/C28H27ClN4O4/c1-31-13-15-32(16-14-31)20-4-6-21(7-5-20)33-25(18-9-11-30-12-10-18)24(27(35)28(33)36)26(34)19-3-8-23(37-2)22(29)17-19/h3-12,17,25,34H,13-16H2,1-2H3/b26-24-. The Kier molecular flexibility index (Phi) is 6.86. The number of rotatable bonds is 5. The first-order valence-electron chi connectivity index (χ1n) is 12.0. The van der Waals surface area contributed by atoms with Crippen LogP contribution in [0.25, 0.3) is 5.76 Å². The number of Topliss-reactive ketones (excluding diaryl/α,β-unsaturated/α-hetero) is 1. The normalized spacial score (nSPS) is 19.9. The average molecular weight is 519 g/mol. The Hall–Kier alpha value is -3.88. The van der Waals surface area contributed by atoms with Gasteiger partial charge in [-0.3, -0.25) is 19.5 Å². The van der Waals surface area contributed by atoms with E-state index in [1.165, 1.54) is 18.1 Å². The summed E-state index contributed by atoms with van der Waals surface area (Å²) < 4.78 is 5.20. The number of carbonyl (C=O) groups is 2. The van der Waals surface area contributed by atoms with Gasteiger partial charge in [-0.15, -0.1) is 0 Å². The molecule has 2 fully saturated rings. The average Bonchev–Trinajstić information content (AvgIpc) is 3.19. The summed E-state index contributed by atoms with van der Waals surface area (Å²) in [4.78, 5) is 36.8. The van der Waals surface area contributed by atoms with Gasteiger partial charge >= 0.3 is 0 Å². The molecule has 0 spiro atoms. The predicted molar refractivity (Wildman–Crippen MR) is 143 cm³/mol. The lowest BCUT2D eigenvalue weighted by molar-refractivity contribution is -0.132. The van der Waals surface area contributed by atoms with E-state index in [2.05, 4.69) is 21.8 Å². The van der Waals surface area contributed by atoms with E-state index in [1.807, 2.05) is 24.3 Å². The van der Waals surface area contributed by atoms with Crippen LogP contribution >= 0.6 is 11.6 Å². The van der Waals surface area contributed by atoms with E-state index < -0.39 is 17.7 Å². The van der Waals surface area contributed by atoms with Crippen molar-refractivity contribution in [1.82, 2.24) is 9.88 Å². The van der Waals surface area contributed by atoms with E-state index in [4.69, 9.17) is 16.3 Å². The van der Waals surface area contributed by atoms with Gasteiger partial charge in [0.25, 0.3) is 11.7 Å². The Bertz CT molecular complexity index is 1350. The van der Waals surface area contributed by atoms with E-state index in [9.17, 15) is 14.7 Å². The van der Waals surface area contributed by atoms with Crippen LogP contribution in [-0.4, -0.2) is 67.0 Å². The minimum absolute atomic E-state index is 0.0134. The molecule has 9 heteroatoms. The number of methoxy groups -OCH3 is 1. The minimum atomic E-state index is -0.835. The van der Waals surface area contributed by atoms with Crippen LogP contribution in [0.5, 0.6) is 5.75 Å². The van der Waals surface area contributed by atoms with E-state index in [0.29, 0.717) is 22.6 Å². The number of amides is 1. The predicted octanol–water partition coefficient (Wildman–Crippen LogP) is 4.12. The third kappa shape index (κ3) is 4.65. The lowest BCUT2D eigenvalue weighted by Gasteiger charge is -2.34. The van der Waals surface area contributed by atoms with Crippen LogP contribution in [0, 0.1) is 0 Å². The van der Waals surface area contributed by atoms with Gasteiger partial charge in [-0.2, -0.15) is 0 Å². The highest BCUT2D eigenvalue weighted by atomic mass is 35.5. The number of ether oxygens (including phenoxy) is 1. The number of benzene rings is 2. The first-order valence-corrected chi connectivity index (χ1v) is 12.3. The minimum Gasteiger partial charge on any atom is -0.507 e. The third-order valence-electron chi connectivity index (χ3n) is 6.89. The zero-order chi connectivity index (χ0) is 26.1. The molecular formula is C28H27ClN4O4. The number of pyridine rings is 1. The van der Waals surface area contributed by atoms with Crippen molar-refractivity contribution in [3.8, 4) is 5.75 Å². The number of halogens is 1. The molecule has 2 aliphatic heterocycles. The van der Waals surface area contributed by atoms with Gasteiger partial charge < -0.3 is 19.6 Å². The van der Waals surface area contributed by atoms with Gasteiger partial charge in [0.2, 0.25) is 0 Å². The Morgan fingerprint density at radius 3 is 2.24 bits per heavy atom. The van der Waals surface area contributed by atoms with E-state index in [1.54, 1.807) is 36.7 Å². The zero-order valence-corrected chi connectivity index (χ0v) is 21.4. The molecule has 1 atom stereocenters. The fraction of sp³-hybridized carbons (Fsp3) is 0.250. The molecule has 5 rings (SSSR count). The van der Waals surface area contributed by atoms with Crippen molar-refractivity contribution in [2.45, 2.75) is 6.04 Å². The molecule has 2 aliphatic rings. The molecule has 0 aliphatic carbocycles. The van der Waals surface area contributed by atoms with Crippen LogP contribution in [0.2, 0.25) is 5.02 Å². The molecule has 1 aromatic heterocycles. The summed E-state index contributed by atoms with van der Waals surface area (Å²) in [5.41, 5.74) is 2.57. The molecule has 8 nitrogen and oxygen atoms in total. The number of anilines is 2. The van der Waals surface area contributed by atoms with Crippen molar-refractivity contribution in [1.29, 1.82) is 0 Å². The van der Waals surface area contributed by atoms with Gasteiger partial charge in [0.05, 0.1) is 23.7 Å². The first kappa shape index (κ1) is 24.8. The van der Waals surface area contributed by atoms with E-state index in [-0.39, 0.29) is 16.4 Å². The van der Waals surface area contributed by atoms with Crippen LogP contribution in [0.3, 0.4) is 0 Å². The molecule has 1 amide bonds. The van der Waals surface area contributed by atoms with Crippen molar-refractivity contribution < 1.29 is 19.4 Å². The molecule has 0 saturated carbocycles. The van der Waals surface area contributed by atoms with Crippen LogP contribution in [0.1, 0.15) is 17.2 Å². The maximum atomic E-state index is 13.4. The number of piperazine rings is 1. The zero-order valence-electron chi connectivity index (χ0n) is 20.6. The van der Waals surface area contributed by atoms with Gasteiger partial charge in [-0.05, 0) is 67.2 Å². The highest BCUT2D eigenvalue weighted by Crippen LogP contribution is 2.43. The van der Waals surface area contributed by atoms with Gasteiger partial charge in [0.1, 0.15) is 11.5 Å². The molecule has 2 saturated heterocycles. The summed E-state index contributed by atoms with van der Waals surface area (Å²) in [5.74, 6) is -1.35. The van der Waals surface area contributed by atoms with Gasteiger partial charge in [-0.25, -0.2) is 0 Å². The molecule has 0 bridgehead atoms. The highest BCUT2D eigenvalue weighted by molar-refractivity contribution is 6.51. The van der Waals surface area contributed by atoms with Crippen LogP contribution in [-0.2, 0) is 9.59 Å². The first-order chi connectivity index (χ1) is 17.9. The largest absolute Gasteiger partial charge is 0.507 e. The van der Waals surface area contributed by atoms with Crippen molar-refractivity contribution in [3.05, 3.63) is 88.7 Å². The summed E-state index contributed by atoms with van der Waals surface area (Å²) in [7, 11) is 3.60. The number of hydrogen-bond donors (Lipinski definition) is 1. The van der Waals surface area contributed by atoms with Crippen molar-refractivity contribution in [3.63, 3.8) is 0 Å². The number of aliphatic hydroxyl groups excluding tert-OH is 1. The van der Waals surface area contributed by atoms with E-state index in [0.717, 1.165) is 31.9 Å². The SMILES string of the molecule is COc1ccc(/C(O)=C2/C(=O)C(=O)N(c3ccc(N4CCN(C)CC4)cc3)C2c2ccncc2)cc1Cl. The molecule has 190 valence electrons. The quantitative estimate of drug-likeness (QED) is 0.309. The lowest BCUT2D eigenvalue weighted by Crippen LogP contribution is -2.44. The Labute approximate surface area is 220 Å². The number of carbonyl (C=O) groups excluding carboxylic acids is 2. The molecule has 1 N–H and O–H groups in total. The van der Waals surface area contributed by atoms with Crippen molar-refractivity contribution in [2.75, 3.05) is 50.1 Å². The second kappa shape index (κ2) is 10.2. The van der Waals surface area contributed by atoms with Crippen LogP contribution in [0.15, 0.2) is 72.6 Å². The maximum Gasteiger partial charge on any atom is 0.300 e. The summed E-state index contributed by atoms with van der Waals surface area (Å²) in [5, 5.41) is 11.6. The fourth-order valence-corrected chi connectivity index (χ4v) is 5.08.